The van der Waals surface area contributed by atoms with Crippen molar-refractivity contribution in [3.05, 3.63) is 35.9 Å². The minimum Gasteiger partial charge on any atom is -0.0891 e. The van der Waals surface area contributed by atoms with Crippen molar-refractivity contribution in [3.63, 3.8) is 0 Å². The minimum atomic E-state index is 0.771. The molecule has 0 aromatic heterocycles. The highest BCUT2D eigenvalue weighted by Gasteiger charge is 2.19. The highest BCUT2D eigenvalue weighted by Crippen LogP contribution is 2.35. The summed E-state index contributed by atoms with van der Waals surface area (Å²) in [7, 11) is 0. The Morgan fingerprint density at radius 1 is 0.923 bits per heavy atom. The summed E-state index contributed by atoms with van der Waals surface area (Å²) in [6, 6.07) is 10.9. The summed E-state index contributed by atoms with van der Waals surface area (Å²) in [6.07, 6.45) is 5.36. The summed E-state index contributed by atoms with van der Waals surface area (Å²) in [6.45, 7) is 0. The maximum absolute atomic E-state index is 3.69. The molecule has 0 atom stereocenters. The van der Waals surface area contributed by atoms with Crippen LogP contribution in [0.4, 0.5) is 0 Å². The molecular weight excluding hydrogens is 224 g/mol. The van der Waals surface area contributed by atoms with Crippen LogP contribution in [0.1, 0.15) is 37.2 Å². The lowest BCUT2D eigenvalue weighted by atomic mass is 9.84. The highest BCUT2D eigenvalue weighted by atomic mass is 79.9. The van der Waals surface area contributed by atoms with E-state index in [1.165, 1.54) is 31.2 Å². The molecule has 70 valence electrons. The van der Waals surface area contributed by atoms with Gasteiger partial charge in [-0.05, 0) is 37.2 Å². The van der Waals surface area contributed by atoms with Crippen molar-refractivity contribution in [1.82, 2.24) is 0 Å². The zero-order valence-corrected chi connectivity index (χ0v) is 9.33. The maximum atomic E-state index is 3.69. The van der Waals surface area contributed by atoms with Gasteiger partial charge >= 0.3 is 0 Å². The summed E-state index contributed by atoms with van der Waals surface area (Å²) in [5.74, 6) is 0.815. The van der Waals surface area contributed by atoms with Crippen LogP contribution >= 0.6 is 15.9 Å². The fourth-order valence-electron chi connectivity index (χ4n) is 2.11. The Morgan fingerprint density at radius 3 is 2.15 bits per heavy atom. The third-order valence-corrected chi connectivity index (χ3v) is 3.84. The maximum Gasteiger partial charge on any atom is 0.0146 e. The smallest absolute Gasteiger partial charge is 0.0146 e. The number of rotatable bonds is 1. The highest BCUT2D eigenvalue weighted by molar-refractivity contribution is 9.09. The third-order valence-electron chi connectivity index (χ3n) is 2.93. The van der Waals surface area contributed by atoms with E-state index >= 15 is 0 Å². The van der Waals surface area contributed by atoms with Crippen molar-refractivity contribution < 1.29 is 0 Å². The number of benzene rings is 1. The monoisotopic (exact) mass is 238 g/mol. The molecule has 0 spiro atoms. The topological polar surface area (TPSA) is 0 Å². The SMILES string of the molecule is BrC1CCC(c2ccccc2)CC1. The van der Waals surface area contributed by atoms with Crippen LogP contribution in [0.25, 0.3) is 0 Å². The van der Waals surface area contributed by atoms with Crippen molar-refractivity contribution in [2.24, 2.45) is 0 Å². The Balaban J connectivity index is 2.03. The van der Waals surface area contributed by atoms with E-state index < -0.39 is 0 Å². The van der Waals surface area contributed by atoms with Gasteiger partial charge in [0.1, 0.15) is 0 Å². The standard InChI is InChI=1S/C12H15Br/c13-12-8-6-11(7-9-12)10-4-2-1-3-5-10/h1-5,11-12H,6-9H2. The van der Waals surface area contributed by atoms with E-state index in [1.54, 1.807) is 0 Å². The van der Waals surface area contributed by atoms with Gasteiger partial charge in [-0.2, -0.15) is 0 Å². The normalized spacial score (nSPS) is 28.7. The third kappa shape index (κ3) is 2.34. The molecule has 2 rings (SSSR count). The van der Waals surface area contributed by atoms with Gasteiger partial charge in [-0.1, -0.05) is 46.3 Å². The van der Waals surface area contributed by atoms with Crippen molar-refractivity contribution in [1.29, 1.82) is 0 Å². The van der Waals surface area contributed by atoms with Crippen molar-refractivity contribution in [3.8, 4) is 0 Å². The quantitative estimate of drug-likeness (QED) is 0.647. The summed E-state index contributed by atoms with van der Waals surface area (Å²) < 4.78 is 0. The van der Waals surface area contributed by atoms with Gasteiger partial charge in [0.15, 0.2) is 0 Å². The second-order valence-electron chi connectivity index (χ2n) is 3.86. The van der Waals surface area contributed by atoms with Gasteiger partial charge in [-0.25, -0.2) is 0 Å². The predicted molar refractivity (Wildman–Crippen MR) is 60.4 cm³/mol. The summed E-state index contributed by atoms with van der Waals surface area (Å²) >= 11 is 3.69. The molecule has 1 aromatic rings. The largest absolute Gasteiger partial charge is 0.0891 e. The fourth-order valence-corrected chi connectivity index (χ4v) is 2.64. The molecule has 1 fully saturated rings. The van der Waals surface area contributed by atoms with Crippen LogP contribution in [0.15, 0.2) is 30.3 Å². The molecule has 13 heavy (non-hydrogen) atoms. The molecule has 1 heteroatoms. The molecule has 0 heterocycles. The first-order valence-electron chi connectivity index (χ1n) is 5.05. The van der Waals surface area contributed by atoms with E-state index in [0.29, 0.717) is 0 Å². The lowest BCUT2D eigenvalue weighted by Gasteiger charge is -2.25. The second kappa shape index (κ2) is 4.28. The van der Waals surface area contributed by atoms with E-state index in [1.807, 2.05) is 0 Å². The average Bonchev–Trinajstić information content (AvgIpc) is 2.20. The minimum absolute atomic E-state index is 0.771. The molecule has 0 radical (unpaired) electrons. The van der Waals surface area contributed by atoms with Crippen LogP contribution in [-0.2, 0) is 0 Å². The van der Waals surface area contributed by atoms with Crippen LogP contribution < -0.4 is 0 Å². The van der Waals surface area contributed by atoms with Gasteiger partial charge in [0.2, 0.25) is 0 Å². The molecule has 0 nitrogen and oxygen atoms in total. The molecule has 1 aliphatic carbocycles. The molecule has 0 bridgehead atoms. The van der Waals surface area contributed by atoms with Gasteiger partial charge in [0, 0.05) is 4.83 Å². The van der Waals surface area contributed by atoms with Gasteiger partial charge < -0.3 is 0 Å². The average molecular weight is 239 g/mol. The van der Waals surface area contributed by atoms with Gasteiger partial charge in [-0.15, -0.1) is 0 Å². The molecule has 0 aliphatic heterocycles. The van der Waals surface area contributed by atoms with Crippen molar-refractivity contribution >= 4 is 15.9 Å². The Bertz CT molecular complexity index is 247. The van der Waals surface area contributed by atoms with Crippen LogP contribution in [0.2, 0.25) is 0 Å². The Kier molecular flexibility index (Phi) is 3.05. The Labute approximate surface area is 88.5 Å². The van der Waals surface area contributed by atoms with E-state index in [0.717, 1.165) is 10.7 Å². The first-order chi connectivity index (χ1) is 6.36. The second-order valence-corrected chi connectivity index (χ2v) is 5.15. The first kappa shape index (κ1) is 9.26. The predicted octanol–water partition coefficient (Wildman–Crippen LogP) is 4.11. The lowest BCUT2D eigenvalue weighted by Crippen LogP contribution is -2.12. The number of alkyl halides is 1. The molecule has 0 unspecified atom stereocenters. The zero-order chi connectivity index (χ0) is 9.10. The van der Waals surface area contributed by atoms with Gasteiger partial charge in [-0.3, -0.25) is 0 Å². The summed E-state index contributed by atoms with van der Waals surface area (Å²) in [5.41, 5.74) is 1.53. The van der Waals surface area contributed by atoms with Gasteiger partial charge in [0.05, 0.1) is 0 Å². The Hall–Kier alpha value is -0.300. The summed E-state index contributed by atoms with van der Waals surface area (Å²) in [5, 5.41) is 0. The van der Waals surface area contributed by atoms with Gasteiger partial charge in [0.25, 0.3) is 0 Å². The number of hydrogen-bond acceptors (Lipinski definition) is 0. The van der Waals surface area contributed by atoms with Crippen molar-refractivity contribution in [2.75, 3.05) is 0 Å². The van der Waals surface area contributed by atoms with E-state index in [4.69, 9.17) is 0 Å². The number of hydrogen-bond donors (Lipinski definition) is 0. The molecular formula is C12H15Br. The summed E-state index contributed by atoms with van der Waals surface area (Å²) in [4.78, 5) is 0.771. The Morgan fingerprint density at radius 2 is 1.54 bits per heavy atom. The molecule has 0 amide bonds. The van der Waals surface area contributed by atoms with E-state index in [-0.39, 0.29) is 0 Å². The van der Waals surface area contributed by atoms with E-state index in [2.05, 4.69) is 46.3 Å². The zero-order valence-electron chi connectivity index (χ0n) is 7.75. The molecule has 1 aromatic carbocycles. The lowest BCUT2D eigenvalue weighted by molar-refractivity contribution is 0.457. The van der Waals surface area contributed by atoms with Crippen LogP contribution in [0, 0.1) is 0 Å². The molecule has 0 N–H and O–H groups in total. The molecule has 1 saturated carbocycles. The van der Waals surface area contributed by atoms with Crippen LogP contribution in [0.5, 0.6) is 0 Å². The first-order valence-corrected chi connectivity index (χ1v) is 5.97. The molecule has 0 saturated heterocycles. The van der Waals surface area contributed by atoms with Crippen molar-refractivity contribution in [2.45, 2.75) is 36.4 Å². The fraction of sp³-hybridized carbons (Fsp3) is 0.500. The van der Waals surface area contributed by atoms with Crippen LogP contribution in [0.3, 0.4) is 0 Å². The molecule has 1 aliphatic rings. The van der Waals surface area contributed by atoms with E-state index in [9.17, 15) is 0 Å². The van der Waals surface area contributed by atoms with Crippen LogP contribution in [-0.4, -0.2) is 4.83 Å². The number of halogens is 1.